The first-order valence-corrected chi connectivity index (χ1v) is 14.2. The van der Waals surface area contributed by atoms with Crippen molar-refractivity contribution in [2.75, 3.05) is 18.4 Å². The number of benzene rings is 2. The number of carbonyl (C=O) groups excluding carboxylic acids is 1. The maximum absolute atomic E-state index is 12.2. The number of ether oxygens (including phenoxy) is 2. The highest BCUT2D eigenvalue weighted by atomic mass is 35.6. The van der Waals surface area contributed by atoms with Gasteiger partial charge in [0.2, 0.25) is 0 Å². The molecule has 1 saturated heterocycles. The highest BCUT2D eigenvalue weighted by Crippen LogP contribution is 2.42. The fraction of sp³-hybridized carbons (Fsp3) is 0.483. The first-order valence-electron chi connectivity index (χ1n) is 13.0. The number of hydrogen-bond acceptors (Lipinski definition) is 5. The minimum absolute atomic E-state index is 0.0136. The summed E-state index contributed by atoms with van der Waals surface area (Å²) in [6.07, 6.45) is 5.81. The molecule has 38 heavy (non-hydrogen) atoms. The second kappa shape index (κ2) is 13.1. The summed E-state index contributed by atoms with van der Waals surface area (Å²) in [6, 6.07) is 15.6. The first kappa shape index (κ1) is 29.3. The number of rotatable bonds is 9. The number of amides is 1. The number of aliphatic hydroxyl groups is 1. The molecular weight excluding hydrogens is 547 g/mol. The fourth-order valence-electron chi connectivity index (χ4n) is 5.33. The van der Waals surface area contributed by atoms with Crippen LogP contribution in [0.15, 0.2) is 61.2 Å². The molecule has 1 saturated carbocycles. The lowest BCUT2D eigenvalue weighted by Crippen LogP contribution is -2.47. The molecule has 2 aliphatic rings. The Morgan fingerprint density at radius 3 is 2.47 bits per heavy atom. The number of nitrogens with zero attached hydrogens (tertiary/aromatic N) is 1. The van der Waals surface area contributed by atoms with Gasteiger partial charge < -0.3 is 19.9 Å². The van der Waals surface area contributed by atoms with Crippen LogP contribution in [0.2, 0.25) is 0 Å². The SMILES string of the molecule is C=CCN(C[C@@H]1O[C@H](c2cccc(NC(=O)C(Cl)(Cl)Cl)c2)O[C@H](c2ccc(CO)cc2)[C@@H]1C)C1CCCC1. The van der Waals surface area contributed by atoms with Crippen molar-refractivity contribution >= 4 is 46.4 Å². The molecule has 4 atom stereocenters. The topological polar surface area (TPSA) is 71.0 Å². The minimum Gasteiger partial charge on any atom is -0.392 e. The molecule has 2 aromatic carbocycles. The van der Waals surface area contributed by atoms with Crippen LogP contribution in [-0.2, 0) is 20.9 Å². The van der Waals surface area contributed by atoms with E-state index in [-0.39, 0.29) is 24.7 Å². The van der Waals surface area contributed by atoms with Crippen molar-refractivity contribution in [2.45, 2.75) is 67.5 Å². The Labute approximate surface area is 239 Å². The van der Waals surface area contributed by atoms with E-state index in [1.807, 2.05) is 36.4 Å². The number of aliphatic hydroxyl groups excluding tert-OH is 1. The van der Waals surface area contributed by atoms with Gasteiger partial charge in [0.15, 0.2) is 6.29 Å². The molecule has 6 nitrogen and oxygen atoms in total. The highest BCUT2D eigenvalue weighted by molar-refractivity contribution is 6.76. The molecule has 0 radical (unpaired) electrons. The van der Waals surface area contributed by atoms with Gasteiger partial charge in [-0.05, 0) is 36.1 Å². The van der Waals surface area contributed by atoms with E-state index in [2.05, 4.69) is 23.7 Å². The van der Waals surface area contributed by atoms with Crippen LogP contribution in [0.3, 0.4) is 0 Å². The molecule has 9 heteroatoms. The van der Waals surface area contributed by atoms with Crippen molar-refractivity contribution in [2.24, 2.45) is 5.92 Å². The Balaban J connectivity index is 1.62. The van der Waals surface area contributed by atoms with E-state index < -0.39 is 16.0 Å². The average Bonchev–Trinajstić information content (AvgIpc) is 3.44. The molecule has 1 amide bonds. The smallest absolute Gasteiger partial charge is 0.276 e. The first-order chi connectivity index (χ1) is 18.2. The molecule has 0 unspecified atom stereocenters. The number of alkyl halides is 3. The van der Waals surface area contributed by atoms with Gasteiger partial charge in [0.05, 0.1) is 18.8 Å². The molecule has 1 heterocycles. The van der Waals surface area contributed by atoms with Gasteiger partial charge in [-0.25, -0.2) is 0 Å². The van der Waals surface area contributed by atoms with Crippen LogP contribution in [0.1, 0.15) is 61.7 Å². The zero-order valence-electron chi connectivity index (χ0n) is 21.5. The Morgan fingerprint density at radius 2 is 1.84 bits per heavy atom. The largest absolute Gasteiger partial charge is 0.392 e. The molecule has 4 rings (SSSR count). The van der Waals surface area contributed by atoms with Gasteiger partial charge in [-0.2, -0.15) is 0 Å². The molecule has 2 fully saturated rings. The maximum atomic E-state index is 12.2. The third kappa shape index (κ3) is 7.30. The summed E-state index contributed by atoms with van der Waals surface area (Å²) in [5, 5.41) is 12.1. The second-order valence-corrected chi connectivity index (χ2v) is 12.4. The summed E-state index contributed by atoms with van der Waals surface area (Å²) < 4.78 is 11.1. The van der Waals surface area contributed by atoms with Crippen LogP contribution in [0.4, 0.5) is 5.69 Å². The quantitative estimate of drug-likeness (QED) is 0.254. The average molecular weight is 582 g/mol. The van der Waals surface area contributed by atoms with Gasteiger partial charge in [-0.1, -0.05) is 97.0 Å². The van der Waals surface area contributed by atoms with Crippen LogP contribution in [0.5, 0.6) is 0 Å². The zero-order valence-corrected chi connectivity index (χ0v) is 23.8. The van der Waals surface area contributed by atoms with E-state index in [0.717, 1.165) is 29.8 Å². The van der Waals surface area contributed by atoms with Crippen molar-refractivity contribution in [3.05, 3.63) is 77.9 Å². The standard InChI is InChI=1S/C29H35Cl3N2O4/c1-3-15-34(24-9-4-5-10-24)17-25-19(2)26(21-13-11-20(18-35)12-14-21)38-27(37-25)22-7-6-8-23(16-22)33-28(36)29(30,31)32/h3,6-8,11-14,16,19,24-27,35H,1,4-5,9-10,15,17-18H2,2H3,(H,33,36)/t19-,25+,26+,27+/m1/s1. The molecule has 0 spiro atoms. The zero-order chi connectivity index (χ0) is 27.3. The van der Waals surface area contributed by atoms with Crippen LogP contribution in [-0.4, -0.2) is 44.9 Å². The van der Waals surface area contributed by atoms with Crippen molar-refractivity contribution in [1.82, 2.24) is 4.90 Å². The normalized spacial score (nSPS) is 24.5. The highest BCUT2D eigenvalue weighted by Gasteiger charge is 2.40. The third-order valence-electron chi connectivity index (χ3n) is 7.42. The molecule has 0 aromatic heterocycles. The van der Waals surface area contributed by atoms with Crippen LogP contribution in [0, 0.1) is 5.92 Å². The number of carbonyl (C=O) groups is 1. The van der Waals surface area contributed by atoms with Gasteiger partial charge in [-0.15, -0.1) is 6.58 Å². The van der Waals surface area contributed by atoms with E-state index in [9.17, 15) is 9.90 Å². The number of anilines is 1. The summed E-state index contributed by atoms with van der Waals surface area (Å²) in [4.78, 5) is 14.7. The third-order valence-corrected chi connectivity index (χ3v) is 7.93. The summed E-state index contributed by atoms with van der Waals surface area (Å²) in [5.41, 5.74) is 3.09. The van der Waals surface area contributed by atoms with Crippen LogP contribution < -0.4 is 5.32 Å². The lowest BCUT2D eigenvalue weighted by atomic mass is 9.89. The number of halogens is 3. The molecule has 2 aromatic rings. The second-order valence-electron chi connectivity index (χ2n) is 10.1. The van der Waals surface area contributed by atoms with Gasteiger partial charge in [0.1, 0.15) is 0 Å². The summed E-state index contributed by atoms with van der Waals surface area (Å²) >= 11 is 17.2. The Morgan fingerprint density at radius 1 is 1.13 bits per heavy atom. The van der Waals surface area contributed by atoms with E-state index >= 15 is 0 Å². The number of nitrogens with one attached hydrogen (secondary N) is 1. The summed E-state index contributed by atoms with van der Waals surface area (Å²) in [6.45, 7) is 7.69. The Kier molecular flexibility index (Phi) is 10.1. The lowest BCUT2D eigenvalue weighted by Gasteiger charge is -2.43. The lowest BCUT2D eigenvalue weighted by molar-refractivity contribution is -0.276. The molecule has 0 bridgehead atoms. The monoisotopic (exact) mass is 580 g/mol. The van der Waals surface area contributed by atoms with Gasteiger partial charge in [0, 0.05) is 36.3 Å². The predicted molar refractivity (Wildman–Crippen MR) is 152 cm³/mol. The van der Waals surface area contributed by atoms with E-state index in [1.165, 1.54) is 25.7 Å². The van der Waals surface area contributed by atoms with E-state index in [0.29, 0.717) is 11.7 Å². The summed E-state index contributed by atoms with van der Waals surface area (Å²) in [7, 11) is 0. The predicted octanol–water partition coefficient (Wildman–Crippen LogP) is 6.71. The van der Waals surface area contributed by atoms with Crippen molar-refractivity contribution < 1.29 is 19.4 Å². The van der Waals surface area contributed by atoms with Gasteiger partial charge in [0.25, 0.3) is 9.70 Å². The minimum atomic E-state index is -2.07. The van der Waals surface area contributed by atoms with E-state index in [1.54, 1.807) is 18.2 Å². The Hall–Kier alpha value is -1.64. The fourth-order valence-corrected chi connectivity index (χ4v) is 5.47. The molecule has 1 aliphatic heterocycles. The van der Waals surface area contributed by atoms with Crippen LogP contribution >= 0.6 is 34.8 Å². The summed E-state index contributed by atoms with van der Waals surface area (Å²) in [5.74, 6) is -0.678. The molecular formula is C29H35Cl3N2O4. The van der Waals surface area contributed by atoms with Gasteiger partial charge in [-0.3, -0.25) is 9.69 Å². The van der Waals surface area contributed by atoms with Crippen molar-refractivity contribution in [1.29, 1.82) is 0 Å². The Bertz CT molecular complexity index is 1090. The van der Waals surface area contributed by atoms with Gasteiger partial charge >= 0.3 is 0 Å². The maximum Gasteiger partial charge on any atom is 0.276 e. The number of hydrogen-bond donors (Lipinski definition) is 2. The molecule has 206 valence electrons. The molecule has 2 N–H and O–H groups in total. The van der Waals surface area contributed by atoms with E-state index in [4.69, 9.17) is 44.3 Å². The van der Waals surface area contributed by atoms with Crippen molar-refractivity contribution in [3.8, 4) is 0 Å². The van der Waals surface area contributed by atoms with Crippen LogP contribution in [0.25, 0.3) is 0 Å². The van der Waals surface area contributed by atoms with Crippen molar-refractivity contribution in [3.63, 3.8) is 0 Å². The molecule has 1 aliphatic carbocycles.